The van der Waals surface area contributed by atoms with E-state index >= 15 is 0 Å². The number of thioether (sulfide) groups is 1. The molecule has 0 saturated heterocycles. The summed E-state index contributed by atoms with van der Waals surface area (Å²) in [5, 5.41) is 14.7. The van der Waals surface area contributed by atoms with E-state index in [9.17, 15) is 9.59 Å². The highest BCUT2D eigenvalue weighted by atomic mass is 35.5. The predicted molar refractivity (Wildman–Crippen MR) is 147 cm³/mol. The summed E-state index contributed by atoms with van der Waals surface area (Å²) in [4.78, 5) is 25.3. The number of methoxy groups -OCH3 is 1. The van der Waals surface area contributed by atoms with Crippen molar-refractivity contribution >= 4 is 51.6 Å². The number of nitrogens with one attached hydrogen (secondary N) is 1. The molecule has 0 spiro atoms. The zero-order valence-corrected chi connectivity index (χ0v) is 23.0. The molecule has 8 nitrogen and oxygen atoms in total. The molecule has 0 bridgehead atoms. The zero-order chi connectivity index (χ0) is 26.5. The monoisotopic (exact) mass is 556 g/mol. The molecule has 2 aromatic carbocycles. The second-order valence-electron chi connectivity index (χ2n) is 8.17. The van der Waals surface area contributed by atoms with Crippen molar-refractivity contribution in [3.05, 3.63) is 75.9 Å². The number of halogens is 1. The van der Waals surface area contributed by atoms with Gasteiger partial charge in [-0.3, -0.25) is 4.79 Å². The average molecular weight is 557 g/mol. The number of benzene rings is 2. The van der Waals surface area contributed by atoms with E-state index in [1.807, 2.05) is 67.2 Å². The molecule has 0 radical (unpaired) electrons. The number of carbonyl (C=O) groups is 2. The molecule has 4 aromatic rings. The van der Waals surface area contributed by atoms with Crippen LogP contribution in [-0.4, -0.2) is 39.5 Å². The van der Waals surface area contributed by atoms with Crippen molar-refractivity contribution in [1.29, 1.82) is 0 Å². The fourth-order valence-corrected chi connectivity index (χ4v) is 5.46. The van der Waals surface area contributed by atoms with Gasteiger partial charge in [-0.15, -0.1) is 21.5 Å². The third kappa shape index (κ3) is 6.33. The maximum atomic E-state index is 12.8. The van der Waals surface area contributed by atoms with E-state index in [0.29, 0.717) is 32.1 Å². The molecular weight excluding hydrogens is 532 g/mol. The molecule has 2 heterocycles. The molecule has 1 atom stereocenters. The van der Waals surface area contributed by atoms with Crippen LogP contribution in [0, 0.1) is 6.92 Å². The van der Waals surface area contributed by atoms with Crippen LogP contribution in [-0.2, 0) is 16.6 Å². The van der Waals surface area contributed by atoms with E-state index in [1.165, 1.54) is 30.2 Å². The molecule has 37 heavy (non-hydrogen) atoms. The van der Waals surface area contributed by atoms with E-state index in [-0.39, 0.29) is 17.8 Å². The van der Waals surface area contributed by atoms with E-state index in [0.717, 1.165) is 16.9 Å². The van der Waals surface area contributed by atoms with Gasteiger partial charge in [-0.1, -0.05) is 47.6 Å². The van der Waals surface area contributed by atoms with Crippen molar-refractivity contribution in [3.8, 4) is 16.9 Å². The summed E-state index contributed by atoms with van der Waals surface area (Å²) in [5.74, 6) is 0.652. The van der Waals surface area contributed by atoms with Crippen molar-refractivity contribution in [2.24, 2.45) is 7.05 Å². The van der Waals surface area contributed by atoms with Crippen molar-refractivity contribution < 1.29 is 19.1 Å². The Morgan fingerprint density at radius 1 is 1.19 bits per heavy atom. The minimum atomic E-state index is -0.533. The van der Waals surface area contributed by atoms with E-state index in [4.69, 9.17) is 21.1 Å². The first-order valence-corrected chi connectivity index (χ1v) is 13.5. The molecule has 0 fully saturated rings. The molecule has 11 heteroatoms. The minimum Gasteiger partial charge on any atom is -0.483 e. The summed E-state index contributed by atoms with van der Waals surface area (Å²) < 4.78 is 12.8. The quantitative estimate of drug-likeness (QED) is 0.195. The van der Waals surface area contributed by atoms with Crippen LogP contribution in [0.4, 0.5) is 5.00 Å². The van der Waals surface area contributed by atoms with Crippen LogP contribution >= 0.6 is 34.7 Å². The van der Waals surface area contributed by atoms with Gasteiger partial charge in [0.2, 0.25) is 5.91 Å². The van der Waals surface area contributed by atoms with Crippen molar-refractivity contribution in [3.63, 3.8) is 0 Å². The number of esters is 1. The van der Waals surface area contributed by atoms with E-state index in [1.54, 1.807) is 12.1 Å². The van der Waals surface area contributed by atoms with Crippen molar-refractivity contribution in [1.82, 2.24) is 14.8 Å². The zero-order valence-electron chi connectivity index (χ0n) is 20.6. The Labute approximate surface area is 228 Å². The van der Waals surface area contributed by atoms with Gasteiger partial charge in [0.05, 0.1) is 12.9 Å². The standard InChI is InChI=1S/C26H25ClN4O4S2/c1-15-6-5-7-19(12-15)35-16(2)23-29-30-26(31(23)3)37-14-21(32)28-24-22(25(33)34-4)20(13-36-24)17-8-10-18(27)11-9-17/h5-13,16H,14H2,1-4H3,(H,28,32). The van der Waals surface area contributed by atoms with Crippen LogP contribution in [0.2, 0.25) is 5.02 Å². The number of aryl methyl sites for hydroxylation is 1. The molecule has 1 N–H and O–H groups in total. The van der Waals surface area contributed by atoms with Crippen LogP contribution in [0.25, 0.3) is 11.1 Å². The maximum Gasteiger partial charge on any atom is 0.341 e. The third-order valence-corrected chi connectivity index (χ3v) is 7.62. The number of aromatic nitrogens is 3. The van der Waals surface area contributed by atoms with Gasteiger partial charge in [0.25, 0.3) is 0 Å². The first-order chi connectivity index (χ1) is 17.8. The predicted octanol–water partition coefficient (Wildman–Crippen LogP) is 6.16. The second kappa shape index (κ2) is 11.8. The molecule has 0 saturated carbocycles. The number of rotatable bonds is 9. The Kier molecular flexibility index (Phi) is 8.52. The topological polar surface area (TPSA) is 95.3 Å². The van der Waals surface area contributed by atoms with Crippen LogP contribution in [0.1, 0.15) is 34.8 Å². The number of ether oxygens (including phenoxy) is 2. The number of anilines is 1. The largest absolute Gasteiger partial charge is 0.483 e. The number of thiophene rings is 1. The summed E-state index contributed by atoms with van der Waals surface area (Å²) >= 11 is 8.49. The molecule has 0 aliphatic carbocycles. The Bertz CT molecular complexity index is 1420. The molecular formula is C26H25ClN4O4S2. The lowest BCUT2D eigenvalue weighted by Crippen LogP contribution is -2.16. The maximum absolute atomic E-state index is 12.8. The van der Waals surface area contributed by atoms with Crippen LogP contribution in [0.15, 0.2) is 59.1 Å². The Morgan fingerprint density at radius 2 is 1.95 bits per heavy atom. The molecule has 2 aromatic heterocycles. The van der Waals surface area contributed by atoms with Crippen LogP contribution in [0.3, 0.4) is 0 Å². The van der Waals surface area contributed by atoms with Gasteiger partial charge in [-0.25, -0.2) is 4.79 Å². The lowest BCUT2D eigenvalue weighted by molar-refractivity contribution is -0.113. The third-order valence-electron chi connectivity index (χ3n) is 5.46. The van der Waals surface area contributed by atoms with Gasteiger partial charge in [-0.2, -0.15) is 0 Å². The highest BCUT2D eigenvalue weighted by molar-refractivity contribution is 7.99. The molecule has 1 unspecified atom stereocenters. The number of hydrogen-bond acceptors (Lipinski definition) is 8. The van der Waals surface area contributed by atoms with E-state index < -0.39 is 5.97 Å². The lowest BCUT2D eigenvalue weighted by atomic mass is 10.0. The summed E-state index contributed by atoms with van der Waals surface area (Å²) in [6.07, 6.45) is -0.331. The Balaban J connectivity index is 1.43. The van der Waals surface area contributed by atoms with Crippen molar-refractivity contribution in [2.45, 2.75) is 25.1 Å². The molecule has 0 aliphatic rings. The summed E-state index contributed by atoms with van der Waals surface area (Å²) in [5.41, 5.74) is 2.86. The molecule has 0 aliphatic heterocycles. The smallest absolute Gasteiger partial charge is 0.341 e. The van der Waals surface area contributed by atoms with Gasteiger partial charge >= 0.3 is 5.97 Å². The fraction of sp³-hybridized carbons (Fsp3) is 0.231. The average Bonchev–Trinajstić information content (AvgIpc) is 3.46. The number of carbonyl (C=O) groups excluding carboxylic acids is 2. The van der Waals surface area contributed by atoms with E-state index in [2.05, 4.69) is 15.5 Å². The summed E-state index contributed by atoms with van der Waals surface area (Å²) in [7, 11) is 3.14. The summed E-state index contributed by atoms with van der Waals surface area (Å²) in [6.45, 7) is 3.90. The fourth-order valence-electron chi connectivity index (χ4n) is 3.64. The number of hydrogen-bond donors (Lipinski definition) is 1. The van der Waals surface area contributed by atoms with Gasteiger partial charge in [0.1, 0.15) is 16.3 Å². The number of nitrogens with zero attached hydrogens (tertiary/aromatic N) is 3. The van der Waals surface area contributed by atoms with Crippen LogP contribution < -0.4 is 10.1 Å². The first kappa shape index (κ1) is 26.7. The Hall–Kier alpha value is -3.34. The van der Waals surface area contributed by atoms with Gasteiger partial charge in [0.15, 0.2) is 17.1 Å². The highest BCUT2D eigenvalue weighted by Gasteiger charge is 2.23. The number of amides is 1. The van der Waals surface area contributed by atoms with Gasteiger partial charge in [-0.05, 0) is 49.2 Å². The highest BCUT2D eigenvalue weighted by Crippen LogP contribution is 2.37. The SMILES string of the molecule is COC(=O)c1c(-c2ccc(Cl)cc2)csc1NC(=O)CSc1nnc(C(C)Oc2cccc(C)c2)n1C. The second-order valence-corrected chi connectivity index (χ2v) is 10.4. The van der Waals surface area contributed by atoms with Crippen LogP contribution in [0.5, 0.6) is 5.75 Å². The first-order valence-electron chi connectivity index (χ1n) is 11.3. The van der Waals surface area contributed by atoms with Gasteiger partial charge in [0, 0.05) is 23.0 Å². The Morgan fingerprint density at radius 3 is 2.65 bits per heavy atom. The lowest BCUT2D eigenvalue weighted by Gasteiger charge is -2.14. The summed E-state index contributed by atoms with van der Waals surface area (Å²) in [6, 6.07) is 14.9. The minimum absolute atomic E-state index is 0.0773. The van der Waals surface area contributed by atoms with Crippen molar-refractivity contribution in [2.75, 3.05) is 18.2 Å². The normalized spacial score (nSPS) is 11.7. The molecule has 4 rings (SSSR count). The molecule has 192 valence electrons. The molecule has 1 amide bonds. The van der Waals surface area contributed by atoms with Gasteiger partial charge < -0.3 is 19.4 Å².